The number of piperazine rings is 1. The molecule has 0 spiro atoms. The fourth-order valence-corrected chi connectivity index (χ4v) is 7.76. The monoisotopic (exact) mass is 692 g/mol. The molecule has 4 rings (SSSR count). The van der Waals surface area contributed by atoms with Gasteiger partial charge >= 0.3 is 35.8 Å². The molecule has 48 heavy (non-hydrogen) atoms. The van der Waals surface area contributed by atoms with Gasteiger partial charge in [-0.2, -0.15) is 0 Å². The molecule has 3 aliphatic rings. The van der Waals surface area contributed by atoms with Crippen LogP contribution in [0.4, 0.5) is 4.79 Å². The molecule has 0 bridgehead atoms. The lowest BCUT2D eigenvalue weighted by atomic mass is 9.88. The molecular weight excluding hydrogens is 660 g/mol. The second-order valence-corrected chi connectivity index (χ2v) is 13.4. The fourth-order valence-electron chi connectivity index (χ4n) is 5.73. The third kappa shape index (κ3) is 5.71. The highest BCUT2D eigenvalue weighted by atomic mass is 32.2. The lowest BCUT2D eigenvalue weighted by Crippen LogP contribution is -2.80. The van der Waals surface area contributed by atoms with Crippen molar-refractivity contribution in [1.82, 2.24) is 30.7 Å². The number of carbonyl (C=O) groups is 9. The molecule has 0 aliphatic carbocycles. The Morgan fingerprint density at radius 1 is 1.04 bits per heavy atom. The Balaban J connectivity index is 1.80. The summed E-state index contributed by atoms with van der Waals surface area (Å²) >= 11 is 0. The Morgan fingerprint density at radius 3 is 2.23 bits per heavy atom. The molecule has 1 aromatic carbocycles. The molecule has 258 valence electrons. The van der Waals surface area contributed by atoms with Crippen LogP contribution >= 0.6 is 0 Å². The van der Waals surface area contributed by atoms with Gasteiger partial charge in [0.15, 0.2) is 11.5 Å². The van der Waals surface area contributed by atoms with Crippen molar-refractivity contribution in [2.75, 3.05) is 19.6 Å². The lowest BCUT2D eigenvalue weighted by Gasteiger charge is -2.49. The first-order valence-electron chi connectivity index (χ1n) is 14.4. The number of ether oxygens (including phenoxy) is 2. The Hall–Kier alpha value is -5.40. The molecule has 20 heteroatoms. The standard InChI is InChI=1S/C28H32N6O13S/c1-6-32-9-10-33(23(41)22(32)40)26(44)30-18(15-7-8-16(46-13(2)36)17(11-15)47-14(3)37)20(38)31-28(25(42)43)27(4,5)48(45)24-19(29-12-35)21(39)34(24)28/h7-8,11-12,18-19,24H,6,9-10H2,1-5H3,(H,29,35)(H,30,44)(H,31,38)(H,42,43)/t18?,19-,24-,28+,48?/m1/s1. The van der Waals surface area contributed by atoms with Gasteiger partial charge in [0.1, 0.15) is 17.5 Å². The number of fused-ring (bicyclic) bond motifs is 1. The van der Waals surface area contributed by atoms with Crippen molar-refractivity contribution in [3.8, 4) is 11.5 Å². The number of esters is 2. The summed E-state index contributed by atoms with van der Waals surface area (Å²) in [5.41, 5.74) is -2.90. The maximum Gasteiger partial charge on any atom is 0.352 e. The summed E-state index contributed by atoms with van der Waals surface area (Å²) in [5.74, 6) is -8.59. The van der Waals surface area contributed by atoms with E-state index in [4.69, 9.17) is 9.47 Å². The minimum absolute atomic E-state index is 0.0182. The van der Waals surface area contributed by atoms with Crippen LogP contribution in [-0.2, 0) is 49.2 Å². The minimum atomic E-state index is -2.70. The van der Waals surface area contributed by atoms with E-state index < -0.39 is 86.2 Å². The Morgan fingerprint density at radius 2 is 1.67 bits per heavy atom. The number of likely N-dealkylation sites (N-methyl/N-ethyl adjacent to an activating group) is 1. The molecule has 0 saturated carbocycles. The van der Waals surface area contributed by atoms with Gasteiger partial charge in [0.2, 0.25) is 18.0 Å². The van der Waals surface area contributed by atoms with Crippen molar-refractivity contribution >= 4 is 64.8 Å². The van der Waals surface area contributed by atoms with Crippen LogP contribution < -0.4 is 25.4 Å². The zero-order valence-electron chi connectivity index (χ0n) is 26.3. The summed E-state index contributed by atoms with van der Waals surface area (Å²) in [6.07, 6.45) is 0.182. The van der Waals surface area contributed by atoms with Crippen LogP contribution in [0.3, 0.4) is 0 Å². The number of urea groups is 1. The first-order chi connectivity index (χ1) is 22.4. The predicted molar refractivity (Wildman–Crippen MR) is 159 cm³/mol. The first kappa shape index (κ1) is 35.5. The first-order valence-corrected chi connectivity index (χ1v) is 15.6. The normalized spacial score (nSPS) is 24.9. The summed E-state index contributed by atoms with van der Waals surface area (Å²) in [6, 6.07) is -1.23. The number of hydrogen-bond acceptors (Lipinski definition) is 12. The van der Waals surface area contributed by atoms with E-state index in [9.17, 15) is 52.5 Å². The molecule has 1 aromatic rings. The predicted octanol–water partition coefficient (Wildman–Crippen LogP) is -2.30. The van der Waals surface area contributed by atoms with Crippen LogP contribution in [0.5, 0.6) is 11.5 Å². The largest absolute Gasteiger partial charge is 0.478 e. The van der Waals surface area contributed by atoms with Gasteiger partial charge in [-0.05, 0) is 38.5 Å². The summed E-state index contributed by atoms with van der Waals surface area (Å²) in [6.45, 7) is 6.07. The van der Waals surface area contributed by atoms with Gasteiger partial charge in [0.25, 0.3) is 5.91 Å². The van der Waals surface area contributed by atoms with Gasteiger partial charge in [0, 0.05) is 33.5 Å². The van der Waals surface area contributed by atoms with Crippen molar-refractivity contribution < 1.29 is 61.9 Å². The number of β-lactam (4-membered cyclic amide) rings is 1. The molecule has 19 nitrogen and oxygen atoms in total. The van der Waals surface area contributed by atoms with Crippen LogP contribution in [0.2, 0.25) is 0 Å². The highest BCUT2D eigenvalue weighted by Crippen LogP contribution is 2.49. The molecule has 2 unspecified atom stereocenters. The number of amides is 7. The van der Waals surface area contributed by atoms with Crippen molar-refractivity contribution in [3.63, 3.8) is 0 Å². The summed E-state index contributed by atoms with van der Waals surface area (Å²) in [7, 11) is -2.18. The van der Waals surface area contributed by atoms with Crippen LogP contribution in [-0.4, -0.2) is 119 Å². The van der Waals surface area contributed by atoms with Gasteiger partial charge in [-0.1, -0.05) is 6.07 Å². The molecule has 4 N–H and O–H groups in total. The molecule has 5 atom stereocenters. The highest BCUT2D eigenvalue weighted by Gasteiger charge is 2.77. The molecule has 0 aromatic heterocycles. The quantitative estimate of drug-likeness (QED) is 0.0662. The van der Waals surface area contributed by atoms with Crippen molar-refractivity contribution in [1.29, 1.82) is 0 Å². The number of imide groups is 1. The topological polar surface area (TPSA) is 255 Å². The molecule has 3 heterocycles. The van der Waals surface area contributed by atoms with Crippen LogP contribution in [0, 0.1) is 0 Å². The number of hydrogen-bond donors (Lipinski definition) is 4. The van der Waals surface area contributed by atoms with Crippen LogP contribution in [0.25, 0.3) is 0 Å². The molecule has 7 amide bonds. The van der Waals surface area contributed by atoms with Gasteiger partial charge in [0.05, 0.1) is 15.5 Å². The fraction of sp³-hybridized carbons (Fsp3) is 0.464. The average Bonchev–Trinajstić information content (AvgIpc) is 3.16. The molecular formula is C28H32N6O13S. The maximum atomic E-state index is 14.2. The number of rotatable bonds is 10. The van der Waals surface area contributed by atoms with E-state index in [0.717, 1.165) is 32.0 Å². The minimum Gasteiger partial charge on any atom is -0.478 e. The zero-order chi connectivity index (χ0) is 35.9. The number of nitrogens with zero attached hydrogens (tertiary/aromatic N) is 3. The number of carboxylic acids is 1. The van der Waals surface area contributed by atoms with Crippen LogP contribution in [0.1, 0.15) is 46.2 Å². The molecule has 3 saturated heterocycles. The van der Waals surface area contributed by atoms with E-state index in [1.807, 2.05) is 0 Å². The number of aliphatic carboxylic acids is 1. The van der Waals surface area contributed by atoms with E-state index in [2.05, 4.69) is 16.0 Å². The Bertz CT molecular complexity index is 1660. The Kier molecular flexibility index (Phi) is 9.61. The summed E-state index contributed by atoms with van der Waals surface area (Å²) < 4.78 is 21.8. The van der Waals surface area contributed by atoms with Crippen molar-refractivity contribution in [2.45, 2.75) is 62.5 Å². The zero-order valence-corrected chi connectivity index (χ0v) is 27.1. The van der Waals surface area contributed by atoms with E-state index >= 15 is 0 Å². The number of nitrogens with one attached hydrogen (secondary N) is 3. The van der Waals surface area contributed by atoms with E-state index in [0.29, 0.717) is 9.80 Å². The lowest BCUT2D eigenvalue weighted by molar-refractivity contribution is -0.176. The van der Waals surface area contributed by atoms with Crippen molar-refractivity contribution in [3.05, 3.63) is 23.8 Å². The summed E-state index contributed by atoms with van der Waals surface area (Å²) in [5, 5.41) is 15.9. The SMILES string of the molecule is CCN1CCN(C(=O)NC(C(=O)N[C@@]2(C(=O)O)N3C(=O)[C@@H](NC=O)[C@H]3S(=O)C2(C)C)c2ccc(OC(C)=O)c(OC(C)=O)c2)C(=O)C1=O. The summed E-state index contributed by atoms with van der Waals surface area (Å²) in [4.78, 5) is 116. The number of carboxylic acid groups (broad SMARTS) is 1. The smallest absolute Gasteiger partial charge is 0.352 e. The van der Waals surface area contributed by atoms with E-state index in [-0.39, 0.29) is 43.1 Å². The van der Waals surface area contributed by atoms with Gasteiger partial charge in [-0.3, -0.25) is 47.6 Å². The third-order valence-electron chi connectivity index (χ3n) is 8.13. The number of carbonyl (C=O) groups excluding carboxylic acids is 8. The second kappa shape index (κ2) is 13.0. The molecule has 0 radical (unpaired) electrons. The third-order valence-corrected chi connectivity index (χ3v) is 10.4. The number of benzene rings is 1. The van der Waals surface area contributed by atoms with Gasteiger partial charge in [-0.25, -0.2) is 9.59 Å². The van der Waals surface area contributed by atoms with E-state index in [1.54, 1.807) is 6.92 Å². The molecule has 3 fully saturated rings. The van der Waals surface area contributed by atoms with Gasteiger partial charge < -0.3 is 35.4 Å². The molecule has 3 aliphatic heterocycles. The second-order valence-electron chi connectivity index (χ2n) is 11.3. The van der Waals surface area contributed by atoms with Crippen molar-refractivity contribution in [2.24, 2.45) is 0 Å². The van der Waals surface area contributed by atoms with Gasteiger partial charge in [-0.15, -0.1) is 0 Å². The van der Waals surface area contributed by atoms with Crippen LogP contribution in [0.15, 0.2) is 18.2 Å². The Labute approximate surface area is 274 Å². The average molecular weight is 693 g/mol. The highest BCUT2D eigenvalue weighted by molar-refractivity contribution is 7.87. The maximum absolute atomic E-state index is 14.2. The van der Waals surface area contributed by atoms with E-state index in [1.165, 1.54) is 18.7 Å².